The Morgan fingerprint density at radius 1 is 0.356 bits per heavy atom. The van der Waals surface area contributed by atoms with E-state index < -0.39 is 0 Å². The van der Waals surface area contributed by atoms with E-state index in [4.69, 9.17) is 19.4 Å². The van der Waals surface area contributed by atoms with E-state index in [1.54, 1.807) is 0 Å². The molecule has 0 amide bonds. The van der Waals surface area contributed by atoms with E-state index in [1.165, 1.54) is 21.9 Å². The number of aromatic nitrogens is 3. The lowest BCUT2D eigenvalue weighted by Crippen LogP contribution is -2.00. The molecule has 9 aromatic rings. The van der Waals surface area contributed by atoms with Crippen LogP contribution in [0.5, 0.6) is 0 Å². The minimum atomic E-state index is 0.575. The van der Waals surface area contributed by atoms with Crippen LogP contribution >= 0.6 is 0 Å². The number of hydrogen-bond acceptors (Lipinski definition) is 4. The summed E-state index contributed by atoms with van der Waals surface area (Å²) in [6.45, 7) is 0. The van der Waals surface area contributed by atoms with Gasteiger partial charge in [0, 0.05) is 21.9 Å². The molecule has 2 heterocycles. The average Bonchev–Trinajstić information content (AvgIpc) is 3.50. The fourth-order valence-corrected chi connectivity index (χ4v) is 6.29. The highest BCUT2D eigenvalue weighted by atomic mass is 16.3. The molecule has 0 unspecified atom stereocenters. The van der Waals surface area contributed by atoms with Crippen molar-refractivity contribution in [3.8, 4) is 45.3 Å². The van der Waals surface area contributed by atoms with Gasteiger partial charge in [-0.2, -0.15) is 0 Å². The molecule has 0 aliphatic carbocycles. The third kappa shape index (κ3) is 4.35. The molecule has 45 heavy (non-hydrogen) atoms. The standard InChI is InChI=1S/C41H25N3O/c1-2-11-28(12-3-1)39-42-40(44-41(43-39)35-18-9-17-34-33-15-6-7-19-37(33)45-38(34)35)31-23-21-27-14-8-16-32(36(27)25-31)30-22-20-26-10-4-5-13-29(26)24-30/h1-25H. The summed E-state index contributed by atoms with van der Waals surface area (Å²) in [4.78, 5) is 15.1. The van der Waals surface area contributed by atoms with Gasteiger partial charge in [0.1, 0.15) is 11.2 Å². The minimum absolute atomic E-state index is 0.575. The van der Waals surface area contributed by atoms with Gasteiger partial charge < -0.3 is 4.42 Å². The predicted octanol–water partition coefficient (Wildman–Crippen LogP) is 10.7. The Morgan fingerprint density at radius 3 is 1.91 bits per heavy atom. The van der Waals surface area contributed by atoms with Crippen molar-refractivity contribution in [2.75, 3.05) is 0 Å². The van der Waals surface area contributed by atoms with Crippen molar-refractivity contribution in [2.45, 2.75) is 0 Å². The smallest absolute Gasteiger partial charge is 0.167 e. The lowest BCUT2D eigenvalue weighted by atomic mass is 9.95. The molecule has 0 fully saturated rings. The number of fused-ring (bicyclic) bond motifs is 5. The summed E-state index contributed by atoms with van der Waals surface area (Å²) in [6, 6.07) is 52.4. The van der Waals surface area contributed by atoms with E-state index >= 15 is 0 Å². The molecule has 0 radical (unpaired) electrons. The summed E-state index contributed by atoms with van der Waals surface area (Å²) in [5.74, 6) is 1.81. The van der Waals surface area contributed by atoms with Crippen LogP contribution in [0.4, 0.5) is 0 Å². The van der Waals surface area contributed by atoms with Crippen molar-refractivity contribution in [3.63, 3.8) is 0 Å². The Morgan fingerprint density at radius 2 is 1.00 bits per heavy atom. The molecule has 0 aliphatic heterocycles. The monoisotopic (exact) mass is 575 g/mol. The maximum absolute atomic E-state index is 6.38. The highest BCUT2D eigenvalue weighted by Gasteiger charge is 2.18. The first-order valence-electron chi connectivity index (χ1n) is 15.0. The lowest BCUT2D eigenvalue weighted by molar-refractivity contribution is 0.669. The SMILES string of the molecule is c1ccc(-c2nc(-c3ccc4cccc(-c5ccc6ccccc6c5)c4c3)nc(-c3cccc4c3oc3ccccc34)n2)cc1. The van der Waals surface area contributed by atoms with Gasteiger partial charge in [-0.1, -0.05) is 127 Å². The van der Waals surface area contributed by atoms with E-state index in [1.807, 2.05) is 60.7 Å². The fourth-order valence-electron chi connectivity index (χ4n) is 6.29. The molecule has 0 bridgehead atoms. The van der Waals surface area contributed by atoms with Gasteiger partial charge in [-0.15, -0.1) is 0 Å². The second-order valence-electron chi connectivity index (χ2n) is 11.3. The molecule has 0 aliphatic rings. The topological polar surface area (TPSA) is 51.8 Å². The number of rotatable bonds is 4. The number of hydrogen-bond donors (Lipinski definition) is 0. The summed E-state index contributed by atoms with van der Waals surface area (Å²) in [5, 5.41) is 6.87. The summed E-state index contributed by atoms with van der Waals surface area (Å²) in [7, 11) is 0. The minimum Gasteiger partial charge on any atom is -0.455 e. The van der Waals surface area contributed by atoms with Crippen LogP contribution in [0, 0.1) is 0 Å². The van der Waals surface area contributed by atoms with Crippen LogP contribution in [0.2, 0.25) is 0 Å². The molecule has 2 aromatic heterocycles. The lowest BCUT2D eigenvalue weighted by Gasteiger charge is -2.12. The van der Waals surface area contributed by atoms with Gasteiger partial charge in [0.05, 0.1) is 5.56 Å². The van der Waals surface area contributed by atoms with Gasteiger partial charge >= 0.3 is 0 Å². The van der Waals surface area contributed by atoms with Crippen LogP contribution in [-0.4, -0.2) is 15.0 Å². The third-order valence-corrected chi connectivity index (χ3v) is 8.51. The van der Waals surface area contributed by atoms with Gasteiger partial charge in [-0.3, -0.25) is 0 Å². The molecule has 0 atom stereocenters. The Kier molecular flexibility index (Phi) is 5.78. The molecule has 7 aromatic carbocycles. The molecule has 0 N–H and O–H groups in total. The molecule has 0 spiro atoms. The number of benzene rings is 7. The van der Waals surface area contributed by atoms with Crippen LogP contribution in [0.3, 0.4) is 0 Å². The number of nitrogens with zero attached hydrogens (tertiary/aromatic N) is 3. The first-order valence-corrected chi connectivity index (χ1v) is 15.0. The zero-order chi connectivity index (χ0) is 29.7. The Labute approximate surface area is 259 Å². The summed E-state index contributed by atoms with van der Waals surface area (Å²) < 4.78 is 6.38. The van der Waals surface area contributed by atoms with Crippen LogP contribution in [-0.2, 0) is 0 Å². The molecular weight excluding hydrogens is 550 g/mol. The molecule has 0 saturated carbocycles. The zero-order valence-electron chi connectivity index (χ0n) is 24.2. The van der Waals surface area contributed by atoms with Gasteiger partial charge in [-0.05, 0) is 56.9 Å². The third-order valence-electron chi connectivity index (χ3n) is 8.51. The maximum atomic E-state index is 6.38. The number of para-hydroxylation sites is 2. The van der Waals surface area contributed by atoms with Gasteiger partial charge in [0.2, 0.25) is 0 Å². The van der Waals surface area contributed by atoms with E-state index in [0.717, 1.165) is 49.4 Å². The van der Waals surface area contributed by atoms with Crippen LogP contribution in [0.1, 0.15) is 0 Å². The largest absolute Gasteiger partial charge is 0.455 e. The van der Waals surface area contributed by atoms with Gasteiger partial charge in [0.25, 0.3) is 0 Å². The van der Waals surface area contributed by atoms with E-state index in [9.17, 15) is 0 Å². The molecule has 210 valence electrons. The molecule has 4 nitrogen and oxygen atoms in total. The first-order chi connectivity index (χ1) is 22.3. The molecule has 4 heteroatoms. The van der Waals surface area contributed by atoms with Crippen LogP contribution in [0.25, 0.3) is 88.8 Å². The van der Waals surface area contributed by atoms with Crippen molar-refractivity contribution in [2.24, 2.45) is 0 Å². The normalized spacial score (nSPS) is 11.6. The highest BCUT2D eigenvalue weighted by Crippen LogP contribution is 2.37. The van der Waals surface area contributed by atoms with Crippen LogP contribution < -0.4 is 0 Å². The predicted molar refractivity (Wildman–Crippen MR) is 184 cm³/mol. The second kappa shape index (κ2) is 10.2. The Balaban J connectivity index is 1.26. The first kappa shape index (κ1) is 25.4. The Hall–Kier alpha value is -6.13. The van der Waals surface area contributed by atoms with E-state index in [0.29, 0.717) is 17.5 Å². The van der Waals surface area contributed by atoms with Crippen molar-refractivity contribution in [3.05, 3.63) is 152 Å². The van der Waals surface area contributed by atoms with E-state index in [2.05, 4.69) is 91.0 Å². The fraction of sp³-hybridized carbons (Fsp3) is 0. The van der Waals surface area contributed by atoms with Crippen molar-refractivity contribution in [1.29, 1.82) is 0 Å². The molecule has 0 saturated heterocycles. The van der Waals surface area contributed by atoms with Gasteiger partial charge in [0.15, 0.2) is 17.5 Å². The number of furan rings is 1. The van der Waals surface area contributed by atoms with Crippen LogP contribution in [0.15, 0.2) is 156 Å². The van der Waals surface area contributed by atoms with Crippen molar-refractivity contribution in [1.82, 2.24) is 15.0 Å². The Bertz CT molecular complexity index is 2550. The summed E-state index contributed by atoms with van der Waals surface area (Å²) in [6.07, 6.45) is 0. The summed E-state index contributed by atoms with van der Waals surface area (Å²) >= 11 is 0. The quantitative estimate of drug-likeness (QED) is 0.209. The second-order valence-corrected chi connectivity index (χ2v) is 11.3. The van der Waals surface area contributed by atoms with Crippen molar-refractivity contribution >= 4 is 43.5 Å². The van der Waals surface area contributed by atoms with Crippen molar-refractivity contribution < 1.29 is 4.42 Å². The maximum Gasteiger partial charge on any atom is 0.167 e. The van der Waals surface area contributed by atoms with Gasteiger partial charge in [-0.25, -0.2) is 15.0 Å². The summed E-state index contributed by atoms with van der Waals surface area (Å²) in [5.41, 5.74) is 6.65. The molecular formula is C41H25N3O. The zero-order valence-corrected chi connectivity index (χ0v) is 24.2. The molecule has 9 rings (SSSR count). The van der Waals surface area contributed by atoms with E-state index in [-0.39, 0.29) is 0 Å². The highest BCUT2D eigenvalue weighted by molar-refractivity contribution is 6.09. The average molecular weight is 576 g/mol.